The van der Waals surface area contributed by atoms with Gasteiger partial charge < -0.3 is 5.11 Å². The second kappa shape index (κ2) is 3.24. The maximum atomic E-state index is 8.97. The van der Waals surface area contributed by atoms with Gasteiger partial charge >= 0.3 is 0 Å². The summed E-state index contributed by atoms with van der Waals surface area (Å²) in [6, 6.07) is 7.20. The van der Waals surface area contributed by atoms with Crippen LogP contribution < -0.4 is 0 Å². The number of phenols is 1. The maximum Gasteiger partial charge on any atom is 0.115 e. The molecule has 0 aliphatic carbocycles. The second-order valence-electron chi connectivity index (χ2n) is 2.80. The van der Waals surface area contributed by atoms with E-state index in [0.717, 1.165) is 12.0 Å². The molecule has 0 aliphatic rings. The molecule has 58 valence electrons. The molecule has 0 amide bonds. The van der Waals surface area contributed by atoms with Crippen LogP contribution in [0.1, 0.15) is 12.5 Å². The Kier molecular flexibility index (Phi) is 2.32. The predicted octanol–water partition coefficient (Wildman–Crippen LogP) is 2.51. The van der Waals surface area contributed by atoms with E-state index in [9.17, 15) is 0 Å². The highest BCUT2D eigenvalue weighted by atomic mass is 16.3. The molecule has 0 radical (unpaired) electrons. The summed E-state index contributed by atoms with van der Waals surface area (Å²) in [6.07, 6.45) is 0.889. The van der Waals surface area contributed by atoms with E-state index in [0.29, 0.717) is 5.75 Å². The molecule has 11 heavy (non-hydrogen) atoms. The summed E-state index contributed by atoms with van der Waals surface area (Å²) in [6.45, 7) is 5.80. The van der Waals surface area contributed by atoms with Gasteiger partial charge in [-0.2, -0.15) is 0 Å². The van der Waals surface area contributed by atoms with E-state index in [1.165, 1.54) is 5.56 Å². The Hall–Kier alpha value is -1.24. The fraction of sp³-hybridized carbons (Fsp3) is 0.200. The van der Waals surface area contributed by atoms with Gasteiger partial charge in [0, 0.05) is 0 Å². The van der Waals surface area contributed by atoms with Crippen LogP contribution in [-0.2, 0) is 6.42 Å². The van der Waals surface area contributed by atoms with Gasteiger partial charge in [-0.3, -0.25) is 0 Å². The van der Waals surface area contributed by atoms with Crippen molar-refractivity contribution in [2.45, 2.75) is 13.3 Å². The largest absolute Gasteiger partial charge is 0.508 e. The summed E-state index contributed by atoms with van der Waals surface area (Å²) < 4.78 is 0. The Morgan fingerprint density at radius 3 is 2.36 bits per heavy atom. The normalized spacial score (nSPS) is 9.55. The number of hydrogen-bond acceptors (Lipinski definition) is 1. The molecule has 0 unspecified atom stereocenters. The summed E-state index contributed by atoms with van der Waals surface area (Å²) in [7, 11) is 0. The van der Waals surface area contributed by atoms with Crippen molar-refractivity contribution in [1.82, 2.24) is 0 Å². The fourth-order valence-corrected chi connectivity index (χ4v) is 0.962. The lowest BCUT2D eigenvalue weighted by Gasteiger charge is -1.99. The number of hydrogen-bond donors (Lipinski definition) is 1. The average Bonchev–Trinajstić information content (AvgIpc) is 1.93. The predicted molar refractivity (Wildman–Crippen MR) is 46.6 cm³/mol. The summed E-state index contributed by atoms with van der Waals surface area (Å²) in [5.74, 6) is 0.315. The van der Waals surface area contributed by atoms with Crippen molar-refractivity contribution in [2.75, 3.05) is 0 Å². The minimum Gasteiger partial charge on any atom is -0.508 e. The molecular formula is C10H12O. The molecule has 0 heterocycles. The van der Waals surface area contributed by atoms with Crippen LogP contribution in [0.15, 0.2) is 36.4 Å². The Morgan fingerprint density at radius 1 is 1.36 bits per heavy atom. The van der Waals surface area contributed by atoms with Crippen molar-refractivity contribution < 1.29 is 5.11 Å². The number of benzene rings is 1. The molecule has 0 fully saturated rings. The first-order valence-corrected chi connectivity index (χ1v) is 3.61. The molecule has 0 spiro atoms. The smallest absolute Gasteiger partial charge is 0.115 e. The lowest BCUT2D eigenvalue weighted by Crippen LogP contribution is -1.83. The van der Waals surface area contributed by atoms with Crippen LogP contribution in [0, 0.1) is 0 Å². The van der Waals surface area contributed by atoms with Crippen molar-refractivity contribution in [3.05, 3.63) is 42.0 Å². The highest BCUT2D eigenvalue weighted by Gasteiger charge is 1.92. The number of aromatic hydroxyl groups is 1. The quantitative estimate of drug-likeness (QED) is 0.639. The lowest BCUT2D eigenvalue weighted by molar-refractivity contribution is 0.475. The van der Waals surface area contributed by atoms with Crippen molar-refractivity contribution in [3.63, 3.8) is 0 Å². The number of allylic oxidation sites excluding steroid dienone is 1. The summed E-state index contributed by atoms with van der Waals surface area (Å²) in [5, 5.41) is 8.97. The topological polar surface area (TPSA) is 20.2 Å². The zero-order valence-corrected chi connectivity index (χ0v) is 6.67. The number of rotatable bonds is 2. The summed E-state index contributed by atoms with van der Waals surface area (Å²) in [5.41, 5.74) is 2.32. The molecule has 0 bridgehead atoms. The van der Waals surface area contributed by atoms with E-state index in [2.05, 4.69) is 6.58 Å². The second-order valence-corrected chi connectivity index (χ2v) is 2.80. The van der Waals surface area contributed by atoms with Crippen molar-refractivity contribution >= 4 is 0 Å². The number of phenolic OH excluding ortho intramolecular Hbond substituents is 1. The molecular weight excluding hydrogens is 136 g/mol. The Morgan fingerprint density at radius 2 is 1.91 bits per heavy atom. The molecule has 1 N–H and O–H groups in total. The van der Waals surface area contributed by atoms with E-state index in [-0.39, 0.29) is 0 Å². The molecule has 0 aliphatic heterocycles. The summed E-state index contributed by atoms with van der Waals surface area (Å²) >= 11 is 0. The van der Waals surface area contributed by atoms with Gasteiger partial charge in [-0.25, -0.2) is 0 Å². The van der Waals surface area contributed by atoms with E-state index in [4.69, 9.17) is 5.11 Å². The van der Waals surface area contributed by atoms with Crippen LogP contribution in [0.5, 0.6) is 5.75 Å². The molecule has 1 aromatic carbocycles. The van der Waals surface area contributed by atoms with Gasteiger partial charge in [0.15, 0.2) is 0 Å². The first-order chi connectivity index (χ1) is 5.18. The van der Waals surface area contributed by atoms with Crippen LogP contribution >= 0.6 is 0 Å². The van der Waals surface area contributed by atoms with Crippen LogP contribution in [0.3, 0.4) is 0 Å². The fourth-order valence-electron chi connectivity index (χ4n) is 0.962. The third-order valence-corrected chi connectivity index (χ3v) is 1.44. The van der Waals surface area contributed by atoms with E-state index in [1.54, 1.807) is 12.1 Å². The van der Waals surface area contributed by atoms with Gasteiger partial charge in [0.1, 0.15) is 5.75 Å². The average molecular weight is 148 g/mol. The van der Waals surface area contributed by atoms with E-state index < -0.39 is 0 Å². The van der Waals surface area contributed by atoms with Crippen LogP contribution in [0.2, 0.25) is 0 Å². The third-order valence-electron chi connectivity index (χ3n) is 1.44. The Bertz CT molecular complexity index is 246. The van der Waals surface area contributed by atoms with Crippen molar-refractivity contribution in [1.29, 1.82) is 0 Å². The zero-order chi connectivity index (χ0) is 8.27. The van der Waals surface area contributed by atoms with Crippen molar-refractivity contribution in [2.24, 2.45) is 0 Å². The maximum absolute atomic E-state index is 8.97. The minimum absolute atomic E-state index is 0.315. The Balaban J connectivity index is 2.74. The standard InChI is InChI=1S/C10H12O/c1-8(2)7-9-3-5-10(11)6-4-9/h3-6,11H,1,7H2,2H3. The van der Waals surface area contributed by atoms with Crippen molar-refractivity contribution in [3.8, 4) is 5.75 Å². The molecule has 1 aromatic rings. The highest BCUT2D eigenvalue weighted by Crippen LogP contribution is 2.11. The first-order valence-electron chi connectivity index (χ1n) is 3.61. The summed E-state index contributed by atoms with van der Waals surface area (Å²) in [4.78, 5) is 0. The third kappa shape index (κ3) is 2.46. The van der Waals surface area contributed by atoms with Gasteiger partial charge in [-0.15, -0.1) is 0 Å². The van der Waals surface area contributed by atoms with Crippen LogP contribution in [0.4, 0.5) is 0 Å². The SMILES string of the molecule is C=C(C)Cc1ccc(O)cc1. The van der Waals surface area contributed by atoms with Gasteiger partial charge in [-0.05, 0) is 31.0 Å². The first kappa shape index (κ1) is 7.86. The molecule has 0 saturated heterocycles. The molecule has 0 atom stereocenters. The molecule has 0 aromatic heterocycles. The zero-order valence-electron chi connectivity index (χ0n) is 6.67. The van der Waals surface area contributed by atoms with Gasteiger partial charge in [-0.1, -0.05) is 24.3 Å². The monoisotopic (exact) mass is 148 g/mol. The van der Waals surface area contributed by atoms with Gasteiger partial charge in [0.25, 0.3) is 0 Å². The van der Waals surface area contributed by atoms with Gasteiger partial charge in [0.05, 0.1) is 0 Å². The van der Waals surface area contributed by atoms with Crippen LogP contribution in [0.25, 0.3) is 0 Å². The molecule has 1 rings (SSSR count). The van der Waals surface area contributed by atoms with Crippen LogP contribution in [-0.4, -0.2) is 5.11 Å². The van der Waals surface area contributed by atoms with E-state index in [1.807, 2.05) is 19.1 Å². The highest BCUT2D eigenvalue weighted by molar-refractivity contribution is 5.27. The Labute approximate surface area is 67.0 Å². The minimum atomic E-state index is 0.315. The molecule has 1 heteroatoms. The van der Waals surface area contributed by atoms with Gasteiger partial charge in [0.2, 0.25) is 0 Å². The van der Waals surface area contributed by atoms with E-state index >= 15 is 0 Å². The molecule has 1 nitrogen and oxygen atoms in total. The lowest BCUT2D eigenvalue weighted by atomic mass is 10.1. The molecule has 0 saturated carbocycles.